The molecule has 2 aromatic heterocycles. The molecule has 2 heterocycles. The molecule has 0 saturated heterocycles. The Morgan fingerprint density at radius 3 is 1.94 bits per heavy atom. The van der Waals surface area contributed by atoms with Crippen molar-refractivity contribution in [1.29, 1.82) is 0 Å². The normalized spacial score (nSPS) is 11.6. The number of nitrogens with zero attached hydrogens (tertiary/aromatic N) is 2. The topological polar surface area (TPSA) is 29.3 Å². The average Bonchev–Trinajstić information content (AvgIpc) is 3.57. The van der Waals surface area contributed by atoms with Gasteiger partial charge in [-0.25, -0.2) is 0 Å². The Morgan fingerprint density at radius 1 is 0.400 bits per heavy atom. The van der Waals surface area contributed by atoms with Crippen LogP contribution in [0, 0.1) is 0 Å². The highest BCUT2D eigenvalue weighted by Gasteiger charge is 2.18. The molecule has 10 aromatic rings. The third kappa shape index (κ3) is 4.71. The standard InChI is InChI=1S/C47H30N2O/c1-2-12-33-26-35(23-22-31(33)10-1)34-14-7-16-37(27-34)49(38-17-8-15-36(28-38)41-20-9-13-32-11-3-4-18-40(32)41)39-24-25-43-45(29-39)48-30-44-42-19-5-6-21-46(42)50-47(43)44/h1-30H. The Balaban J connectivity index is 1.16. The van der Waals surface area contributed by atoms with Gasteiger partial charge in [-0.15, -0.1) is 0 Å². The van der Waals surface area contributed by atoms with Gasteiger partial charge in [0, 0.05) is 39.4 Å². The van der Waals surface area contributed by atoms with Gasteiger partial charge in [0.25, 0.3) is 0 Å². The zero-order valence-electron chi connectivity index (χ0n) is 27.1. The molecule has 3 heteroatoms. The lowest BCUT2D eigenvalue weighted by atomic mass is 9.97. The molecule has 0 amide bonds. The molecule has 0 aliphatic rings. The summed E-state index contributed by atoms with van der Waals surface area (Å²) < 4.78 is 6.38. The van der Waals surface area contributed by atoms with Crippen LogP contribution in [0.1, 0.15) is 0 Å². The Labute approximate surface area is 289 Å². The molecule has 0 aliphatic heterocycles. The Bertz CT molecular complexity index is 2900. The molecule has 0 atom stereocenters. The Morgan fingerprint density at radius 2 is 1.06 bits per heavy atom. The zero-order chi connectivity index (χ0) is 33.0. The van der Waals surface area contributed by atoms with Crippen LogP contribution in [0.4, 0.5) is 17.1 Å². The third-order valence-electron chi connectivity index (χ3n) is 9.84. The lowest BCUT2D eigenvalue weighted by molar-refractivity contribution is 0.672. The molecule has 8 aromatic carbocycles. The molecule has 50 heavy (non-hydrogen) atoms. The highest BCUT2D eigenvalue weighted by molar-refractivity contribution is 6.14. The van der Waals surface area contributed by atoms with E-state index in [4.69, 9.17) is 9.40 Å². The maximum atomic E-state index is 6.38. The fourth-order valence-electron chi connectivity index (χ4n) is 7.42. The summed E-state index contributed by atoms with van der Waals surface area (Å²) in [5.74, 6) is 0. The summed E-state index contributed by atoms with van der Waals surface area (Å²) in [6, 6.07) is 62.7. The van der Waals surface area contributed by atoms with Gasteiger partial charge in [-0.2, -0.15) is 0 Å². The SMILES string of the molecule is c1cc(-c2ccc3ccccc3c2)cc(N(c2cccc(-c3cccc4ccccc34)c2)c2ccc3c(c2)ncc2c4ccccc4oc32)c1. The quantitative estimate of drug-likeness (QED) is 0.188. The second kappa shape index (κ2) is 11.5. The van der Waals surface area contributed by atoms with Gasteiger partial charge in [-0.05, 0) is 98.4 Å². The monoisotopic (exact) mass is 638 g/mol. The zero-order valence-corrected chi connectivity index (χ0v) is 27.1. The van der Waals surface area contributed by atoms with Gasteiger partial charge in [0.2, 0.25) is 0 Å². The maximum absolute atomic E-state index is 6.38. The summed E-state index contributed by atoms with van der Waals surface area (Å²) >= 11 is 0. The van der Waals surface area contributed by atoms with Crippen molar-refractivity contribution in [3.8, 4) is 22.3 Å². The number of hydrogen-bond donors (Lipinski definition) is 0. The van der Waals surface area contributed by atoms with Crippen molar-refractivity contribution in [2.75, 3.05) is 4.90 Å². The van der Waals surface area contributed by atoms with Crippen LogP contribution >= 0.6 is 0 Å². The summed E-state index contributed by atoms with van der Waals surface area (Å²) in [5.41, 5.74) is 10.5. The molecular formula is C47H30N2O. The van der Waals surface area contributed by atoms with Crippen LogP contribution in [-0.4, -0.2) is 4.98 Å². The first-order valence-electron chi connectivity index (χ1n) is 16.9. The van der Waals surface area contributed by atoms with Crippen LogP contribution in [0.3, 0.4) is 0 Å². The van der Waals surface area contributed by atoms with Gasteiger partial charge in [0.15, 0.2) is 0 Å². The number of benzene rings is 8. The number of rotatable bonds is 5. The van der Waals surface area contributed by atoms with Crippen molar-refractivity contribution in [1.82, 2.24) is 4.98 Å². The Kier molecular flexibility index (Phi) is 6.49. The molecule has 3 nitrogen and oxygen atoms in total. The molecule has 0 aliphatic carbocycles. The van der Waals surface area contributed by atoms with E-state index < -0.39 is 0 Å². The van der Waals surface area contributed by atoms with Gasteiger partial charge in [0.05, 0.1) is 5.52 Å². The van der Waals surface area contributed by atoms with Crippen molar-refractivity contribution in [3.05, 3.63) is 182 Å². The van der Waals surface area contributed by atoms with Crippen molar-refractivity contribution in [3.63, 3.8) is 0 Å². The highest BCUT2D eigenvalue weighted by atomic mass is 16.3. The van der Waals surface area contributed by atoms with Crippen molar-refractivity contribution >= 4 is 71.4 Å². The Hall–Kier alpha value is -6.71. The third-order valence-corrected chi connectivity index (χ3v) is 9.84. The summed E-state index contributed by atoms with van der Waals surface area (Å²) in [6.07, 6.45) is 1.94. The molecule has 0 bridgehead atoms. The van der Waals surface area contributed by atoms with Crippen LogP contribution in [0.15, 0.2) is 187 Å². The van der Waals surface area contributed by atoms with Crippen molar-refractivity contribution < 1.29 is 4.42 Å². The second-order valence-electron chi connectivity index (χ2n) is 12.8. The fraction of sp³-hybridized carbons (Fsp3) is 0. The van der Waals surface area contributed by atoms with E-state index in [2.05, 4.69) is 163 Å². The molecule has 0 fully saturated rings. The van der Waals surface area contributed by atoms with E-state index in [9.17, 15) is 0 Å². The van der Waals surface area contributed by atoms with E-state index in [-0.39, 0.29) is 0 Å². The van der Waals surface area contributed by atoms with E-state index in [1.807, 2.05) is 24.4 Å². The second-order valence-corrected chi connectivity index (χ2v) is 12.8. The minimum absolute atomic E-state index is 0.866. The number of para-hydroxylation sites is 1. The number of anilines is 3. The largest absolute Gasteiger partial charge is 0.455 e. The van der Waals surface area contributed by atoms with Gasteiger partial charge >= 0.3 is 0 Å². The number of pyridine rings is 1. The highest BCUT2D eigenvalue weighted by Crippen LogP contribution is 2.41. The summed E-state index contributed by atoms with van der Waals surface area (Å²) in [5, 5.41) is 8.04. The lowest BCUT2D eigenvalue weighted by Crippen LogP contribution is -2.10. The summed E-state index contributed by atoms with van der Waals surface area (Å²) in [6.45, 7) is 0. The number of fused-ring (bicyclic) bond motifs is 7. The van der Waals surface area contributed by atoms with Gasteiger partial charge in [-0.3, -0.25) is 4.98 Å². The smallest absolute Gasteiger partial charge is 0.146 e. The number of furan rings is 1. The van der Waals surface area contributed by atoms with E-state index >= 15 is 0 Å². The molecule has 10 rings (SSSR count). The van der Waals surface area contributed by atoms with Gasteiger partial charge < -0.3 is 9.32 Å². The van der Waals surface area contributed by atoms with E-state index in [0.29, 0.717) is 0 Å². The molecule has 0 saturated carbocycles. The molecule has 0 N–H and O–H groups in total. The fourth-order valence-corrected chi connectivity index (χ4v) is 7.42. The van der Waals surface area contributed by atoms with E-state index in [1.54, 1.807) is 0 Å². The first-order valence-corrected chi connectivity index (χ1v) is 16.9. The predicted octanol–water partition coefficient (Wildman–Crippen LogP) is 13.2. The van der Waals surface area contributed by atoms with Crippen LogP contribution < -0.4 is 4.90 Å². The molecular weight excluding hydrogens is 609 g/mol. The van der Waals surface area contributed by atoms with Crippen LogP contribution in [0.25, 0.3) is 76.6 Å². The van der Waals surface area contributed by atoms with E-state index in [1.165, 1.54) is 32.7 Å². The first-order chi connectivity index (χ1) is 24.8. The summed E-state index contributed by atoms with van der Waals surface area (Å²) in [4.78, 5) is 7.31. The molecule has 0 radical (unpaired) electrons. The van der Waals surface area contributed by atoms with Gasteiger partial charge in [-0.1, -0.05) is 121 Å². The minimum Gasteiger partial charge on any atom is -0.455 e. The number of hydrogen-bond acceptors (Lipinski definition) is 3. The average molecular weight is 639 g/mol. The minimum atomic E-state index is 0.866. The maximum Gasteiger partial charge on any atom is 0.146 e. The first kappa shape index (κ1) is 28.3. The molecule has 234 valence electrons. The van der Waals surface area contributed by atoms with Crippen molar-refractivity contribution in [2.45, 2.75) is 0 Å². The van der Waals surface area contributed by atoms with Gasteiger partial charge in [0.1, 0.15) is 11.2 Å². The van der Waals surface area contributed by atoms with Crippen LogP contribution in [-0.2, 0) is 0 Å². The molecule has 0 unspecified atom stereocenters. The lowest BCUT2D eigenvalue weighted by Gasteiger charge is -2.27. The van der Waals surface area contributed by atoms with Crippen LogP contribution in [0.5, 0.6) is 0 Å². The predicted molar refractivity (Wildman–Crippen MR) is 210 cm³/mol. The van der Waals surface area contributed by atoms with Crippen molar-refractivity contribution in [2.24, 2.45) is 0 Å². The molecule has 0 spiro atoms. The van der Waals surface area contributed by atoms with E-state index in [0.717, 1.165) is 61.0 Å². The summed E-state index contributed by atoms with van der Waals surface area (Å²) in [7, 11) is 0. The number of aromatic nitrogens is 1. The van der Waals surface area contributed by atoms with Crippen LogP contribution in [0.2, 0.25) is 0 Å².